The molecule has 0 bridgehead atoms. The summed E-state index contributed by atoms with van der Waals surface area (Å²) in [5.41, 5.74) is 3.77. The normalized spacial score (nSPS) is 11.3. The van der Waals surface area contributed by atoms with E-state index >= 15 is 0 Å². The number of nitrogen functional groups attached to an aromatic ring is 1. The third-order valence-electron chi connectivity index (χ3n) is 1.99. The highest BCUT2D eigenvalue weighted by Crippen LogP contribution is 2.00. The summed E-state index contributed by atoms with van der Waals surface area (Å²) in [7, 11) is 0. The van der Waals surface area contributed by atoms with E-state index < -0.39 is 0 Å². The monoisotopic (exact) mass is 228 g/mol. The van der Waals surface area contributed by atoms with Crippen LogP contribution in [0.3, 0.4) is 0 Å². The van der Waals surface area contributed by atoms with E-state index in [0.29, 0.717) is 5.95 Å². The van der Waals surface area contributed by atoms with Crippen LogP contribution in [0, 0.1) is 0 Å². The molecule has 0 aliphatic rings. The van der Waals surface area contributed by atoms with Gasteiger partial charge in [-0.05, 0) is 11.6 Å². The van der Waals surface area contributed by atoms with E-state index in [4.69, 9.17) is 5.84 Å². The molecule has 0 radical (unpaired) electrons. The number of benzene rings is 1. The second kappa shape index (κ2) is 5.45. The zero-order valence-electron chi connectivity index (χ0n) is 9.06. The molecule has 3 N–H and O–H groups in total. The van der Waals surface area contributed by atoms with Gasteiger partial charge in [-0.15, -0.1) is 10.2 Å². The number of nitrogens with one attached hydrogen (secondary N) is 1. The third kappa shape index (κ3) is 3.16. The molecule has 0 amide bonds. The van der Waals surface area contributed by atoms with Crippen molar-refractivity contribution in [1.82, 2.24) is 14.9 Å². The molecule has 0 spiro atoms. The standard InChI is InChI=1S/C11H12N6/c12-17-9-14-16-11(17)15-13-8-4-7-10-5-2-1-3-6-10/h1-9H,12H2,(H,15,16)/b7-4+,13-8+. The van der Waals surface area contributed by atoms with E-state index in [1.807, 2.05) is 42.5 Å². The summed E-state index contributed by atoms with van der Waals surface area (Å²) in [6, 6.07) is 9.95. The topological polar surface area (TPSA) is 81.1 Å². The maximum Gasteiger partial charge on any atom is 0.263 e. The van der Waals surface area contributed by atoms with Crippen LogP contribution >= 0.6 is 0 Å². The van der Waals surface area contributed by atoms with Crippen LogP contribution in [-0.2, 0) is 0 Å². The van der Waals surface area contributed by atoms with E-state index in [9.17, 15) is 0 Å². The van der Waals surface area contributed by atoms with Crippen molar-refractivity contribution < 1.29 is 0 Å². The summed E-state index contributed by atoms with van der Waals surface area (Å²) in [5.74, 6) is 5.87. The van der Waals surface area contributed by atoms with Gasteiger partial charge in [0.2, 0.25) is 0 Å². The molecule has 1 aromatic heterocycles. The van der Waals surface area contributed by atoms with Crippen molar-refractivity contribution in [2.75, 3.05) is 11.3 Å². The molecule has 0 saturated carbocycles. The van der Waals surface area contributed by atoms with Crippen LogP contribution in [-0.4, -0.2) is 21.1 Å². The van der Waals surface area contributed by atoms with Crippen molar-refractivity contribution in [2.45, 2.75) is 0 Å². The fourth-order valence-electron chi connectivity index (χ4n) is 1.18. The minimum absolute atomic E-state index is 0.384. The maximum atomic E-state index is 5.48. The van der Waals surface area contributed by atoms with E-state index in [0.717, 1.165) is 5.56 Å². The molecule has 0 aliphatic heterocycles. The Labute approximate surface area is 98.4 Å². The second-order valence-electron chi connectivity index (χ2n) is 3.22. The molecule has 0 saturated heterocycles. The Hall–Kier alpha value is -2.63. The van der Waals surface area contributed by atoms with Crippen LogP contribution in [0.25, 0.3) is 6.08 Å². The van der Waals surface area contributed by atoms with E-state index in [2.05, 4.69) is 20.7 Å². The number of hydrogen-bond acceptors (Lipinski definition) is 5. The zero-order chi connectivity index (χ0) is 11.9. The Morgan fingerprint density at radius 3 is 2.82 bits per heavy atom. The first kappa shape index (κ1) is 10.9. The largest absolute Gasteiger partial charge is 0.335 e. The lowest BCUT2D eigenvalue weighted by atomic mass is 10.2. The van der Waals surface area contributed by atoms with Crippen LogP contribution in [0.5, 0.6) is 0 Å². The van der Waals surface area contributed by atoms with Crippen LogP contribution in [0.2, 0.25) is 0 Å². The Kier molecular flexibility index (Phi) is 3.49. The number of nitrogens with two attached hydrogens (primary N) is 1. The Morgan fingerprint density at radius 2 is 2.12 bits per heavy atom. The molecule has 2 aromatic rings. The van der Waals surface area contributed by atoms with E-state index in [1.165, 1.54) is 11.0 Å². The summed E-state index contributed by atoms with van der Waals surface area (Å²) >= 11 is 0. The lowest BCUT2D eigenvalue weighted by Gasteiger charge is -1.95. The molecular weight excluding hydrogens is 216 g/mol. The van der Waals surface area contributed by atoms with Crippen molar-refractivity contribution in [2.24, 2.45) is 5.10 Å². The summed E-state index contributed by atoms with van der Waals surface area (Å²) in [5, 5.41) is 11.2. The average molecular weight is 228 g/mol. The smallest absolute Gasteiger partial charge is 0.263 e. The summed E-state index contributed by atoms with van der Waals surface area (Å²) in [6.45, 7) is 0. The lowest BCUT2D eigenvalue weighted by molar-refractivity contribution is 0.988. The van der Waals surface area contributed by atoms with E-state index in [1.54, 1.807) is 6.21 Å². The molecule has 0 fully saturated rings. The highest BCUT2D eigenvalue weighted by Gasteiger charge is 1.95. The fourth-order valence-corrected chi connectivity index (χ4v) is 1.18. The number of nitrogens with zero attached hydrogens (tertiary/aromatic N) is 4. The Morgan fingerprint density at radius 1 is 1.29 bits per heavy atom. The number of allylic oxidation sites excluding steroid dienone is 1. The van der Waals surface area contributed by atoms with Crippen molar-refractivity contribution >= 4 is 18.2 Å². The highest BCUT2D eigenvalue weighted by molar-refractivity contribution is 5.78. The van der Waals surface area contributed by atoms with Gasteiger partial charge < -0.3 is 5.84 Å². The summed E-state index contributed by atoms with van der Waals surface area (Å²) < 4.78 is 1.25. The molecule has 0 aliphatic carbocycles. The van der Waals surface area contributed by atoms with Crippen LogP contribution < -0.4 is 11.3 Å². The van der Waals surface area contributed by atoms with Gasteiger partial charge in [-0.2, -0.15) is 5.10 Å². The quantitative estimate of drug-likeness (QED) is 0.466. The van der Waals surface area contributed by atoms with Gasteiger partial charge in [0, 0.05) is 6.21 Å². The molecule has 0 atom stereocenters. The number of anilines is 1. The van der Waals surface area contributed by atoms with Gasteiger partial charge in [0.05, 0.1) is 0 Å². The molecule has 1 heterocycles. The molecule has 6 heteroatoms. The average Bonchev–Trinajstić information content (AvgIpc) is 2.76. The second-order valence-corrected chi connectivity index (χ2v) is 3.22. The van der Waals surface area contributed by atoms with Crippen LogP contribution in [0.15, 0.2) is 47.8 Å². The lowest BCUT2D eigenvalue weighted by Crippen LogP contribution is -2.10. The van der Waals surface area contributed by atoms with Crippen molar-refractivity contribution in [1.29, 1.82) is 0 Å². The van der Waals surface area contributed by atoms with Crippen molar-refractivity contribution in [3.8, 4) is 0 Å². The summed E-state index contributed by atoms with van der Waals surface area (Å²) in [4.78, 5) is 0. The number of hydrazone groups is 1. The predicted octanol–water partition coefficient (Wildman–Crippen LogP) is 1.10. The third-order valence-corrected chi connectivity index (χ3v) is 1.99. The first-order valence-electron chi connectivity index (χ1n) is 5.02. The predicted molar refractivity (Wildman–Crippen MR) is 67.8 cm³/mol. The molecule has 6 nitrogen and oxygen atoms in total. The molecule has 86 valence electrons. The first-order chi connectivity index (χ1) is 8.36. The Bertz CT molecular complexity index is 514. The molecule has 0 unspecified atom stereocenters. The molecule has 1 aromatic carbocycles. The van der Waals surface area contributed by atoms with Gasteiger partial charge in [0.15, 0.2) is 0 Å². The molecule has 17 heavy (non-hydrogen) atoms. The zero-order valence-corrected chi connectivity index (χ0v) is 9.06. The van der Waals surface area contributed by atoms with Gasteiger partial charge in [0.25, 0.3) is 5.95 Å². The number of hydrogen-bond donors (Lipinski definition) is 2. The summed E-state index contributed by atoms with van der Waals surface area (Å²) in [6.07, 6.45) is 6.76. The molecule has 2 rings (SSSR count). The minimum atomic E-state index is 0.384. The van der Waals surface area contributed by atoms with Gasteiger partial charge in [-0.25, -0.2) is 10.1 Å². The van der Waals surface area contributed by atoms with Crippen LogP contribution in [0.1, 0.15) is 5.56 Å². The maximum absolute atomic E-state index is 5.48. The fraction of sp³-hybridized carbons (Fsp3) is 0. The van der Waals surface area contributed by atoms with Gasteiger partial charge in [0.1, 0.15) is 6.33 Å². The Balaban J connectivity index is 1.87. The first-order valence-corrected chi connectivity index (χ1v) is 5.02. The molecular formula is C11H12N6. The minimum Gasteiger partial charge on any atom is -0.335 e. The highest BCUT2D eigenvalue weighted by atomic mass is 15.5. The van der Waals surface area contributed by atoms with Gasteiger partial charge in [-0.3, -0.25) is 0 Å². The number of aromatic nitrogens is 3. The van der Waals surface area contributed by atoms with Crippen molar-refractivity contribution in [3.05, 3.63) is 48.3 Å². The number of rotatable bonds is 4. The SMILES string of the molecule is Nn1cnnc1N/N=C/C=C/c1ccccc1. The van der Waals surface area contributed by atoms with Gasteiger partial charge >= 0.3 is 0 Å². The van der Waals surface area contributed by atoms with E-state index in [-0.39, 0.29) is 0 Å². The van der Waals surface area contributed by atoms with Gasteiger partial charge in [-0.1, -0.05) is 36.4 Å². The van der Waals surface area contributed by atoms with Crippen LogP contribution in [0.4, 0.5) is 5.95 Å². The van der Waals surface area contributed by atoms with Crippen molar-refractivity contribution in [3.63, 3.8) is 0 Å².